The number of rotatable bonds is 12. The zero-order valence-electron chi connectivity index (χ0n) is 19.0. The van der Waals surface area contributed by atoms with Crippen molar-refractivity contribution < 1.29 is 14.6 Å². The summed E-state index contributed by atoms with van der Waals surface area (Å²) < 4.78 is 5.90. The molecule has 7 nitrogen and oxygen atoms in total. The summed E-state index contributed by atoms with van der Waals surface area (Å²) in [4.78, 5) is 4.54. The molecule has 7 N–H and O–H groups in total. The molecule has 4 atom stereocenters. The zero-order chi connectivity index (χ0) is 23.1. The molecule has 32 heavy (non-hydrogen) atoms. The van der Waals surface area contributed by atoms with Crippen LogP contribution in [0.4, 0.5) is 0 Å². The number of hydrogen-bond acceptors (Lipinski definition) is 7. The predicted molar refractivity (Wildman–Crippen MR) is 127 cm³/mol. The van der Waals surface area contributed by atoms with E-state index >= 15 is 0 Å². The lowest BCUT2D eigenvalue weighted by Gasteiger charge is -2.26. The standard InChI is InChI=1S/C25H36N4O3/c1-16-13-21-23(14-17(16)2)32-25(29-21)24(31)20(11-10-18-7-4-3-5-8-18)28-15-22(30)19(27)9-6-12-26/h3-5,7-8,13-14,19-20,22,24,28,30-31H,6,9-12,15,26-27H2,1-2H3/t19-,20-,22?,24?/m1/s1. The number of fused-ring (bicyclic) bond motifs is 1. The van der Waals surface area contributed by atoms with Crippen molar-refractivity contribution in [3.05, 3.63) is 65.0 Å². The second-order valence-corrected chi connectivity index (χ2v) is 8.60. The third-order valence-electron chi connectivity index (χ3n) is 6.07. The summed E-state index contributed by atoms with van der Waals surface area (Å²) in [5.74, 6) is 0.275. The summed E-state index contributed by atoms with van der Waals surface area (Å²) in [5, 5.41) is 24.9. The van der Waals surface area contributed by atoms with Crippen molar-refractivity contribution >= 4 is 11.1 Å². The molecule has 1 heterocycles. The van der Waals surface area contributed by atoms with Gasteiger partial charge < -0.3 is 31.4 Å². The summed E-state index contributed by atoms with van der Waals surface area (Å²) >= 11 is 0. The number of oxazole rings is 1. The predicted octanol–water partition coefficient (Wildman–Crippen LogP) is 2.50. The van der Waals surface area contributed by atoms with Crippen LogP contribution in [-0.2, 0) is 6.42 Å². The Kier molecular flexibility index (Phi) is 8.78. The van der Waals surface area contributed by atoms with Gasteiger partial charge in [0, 0.05) is 18.6 Å². The van der Waals surface area contributed by atoms with Crippen LogP contribution in [0.1, 0.15) is 47.9 Å². The minimum atomic E-state index is -0.959. The van der Waals surface area contributed by atoms with E-state index < -0.39 is 12.2 Å². The minimum Gasteiger partial charge on any atom is -0.438 e. The highest BCUT2D eigenvalue weighted by Gasteiger charge is 2.27. The molecule has 3 rings (SSSR count). The number of nitrogens with zero attached hydrogens (tertiary/aromatic N) is 1. The number of aromatic nitrogens is 1. The molecule has 0 radical (unpaired) electrons. The van der Waals surface area contributed by atoms with E-state index in [9.17, 15) is 10.2 Å². The van der Waals surface area contributed by atoms with Gasteiger partial charge in [-0.3, -0.25) is 0 Å². The first kappa shape index (κ1) is 24.4. The summed E-state index contributed by atoms with van der Waals surface area (Å²) in [7, 11) is 0. The molecular weight excluding hydrogens is 404 g/mol. The maximum Gasteiger partial charge on any atom is 0.225 e. The number of nitrogens with one attached hydrogen (secondary N) is 1. The van der Waals surface area contributed by atoms with Gasteiger partial charge in [0.05, 0.1) is 6.10 Å². The van der Waals surface area contributed by atoms with Crippen molar-refractivity contribution in [1.29, 1.82) is 0 Å². The van der Waals surface area contributed by atoms with E-state index in [1.165, 1.54) is 5.56 Å². The Morgan fingerprint density at radius 2 is 1.78 bits per heavy atom. The van der Waals surface area contributed by atoms with E-state index in [1.807, 2.05) is 44.2 Å². The summed E-state index contributed by atoms with van der Waals surface area (Å²) in [6.45, 7) is 4.86. The van der Waals surface area contributed by atoms with E-state index in [4.69, 9.17) is 15.9 Å². The SMILES string of the molecule is Cc1cc2nc(C(O)[C@@H](CCc3ccccc3)NCC(O)[C@H](N)CCCN)oc2cc1C. The maximum atomic E-state index is 11.1. The molecule has 0 spiro atoms. The molecule has 0 saturated heterocycles. The van der Waals surface area contributed by atoms with Crippen LogP contribution in [0.3, 0.4) is 0 Å². The van der Waals surface area contributed by atoms with Crippen molar-refractivity contribution in [1.82, 2.24) is 10.3 Å². The van der Waals surface area contributed by atoms with Gasteiger partial charge in [0.1, 0.15) is 11.6 Å². The molecule has 3 aromatic rings. The molecular formula is C25H36N4O3. The number of nitrogens with two attached hydrogens (primary N) is 2. The van der Waals surface area contributed by atoms with E-state index in [-0.39, 0.29) is 24.5 Å². The quantitative estimate of drug-likeness (QED) is 0.292. The highest BCUT2D eigenvalue weighted by Crippen LogP contribution is 2.26. The van der Waals surface area contributed by atoms with Crippen LogP contribution in [0, 0.1) is 13.8 Å². The van der Waals surface area contributed by atoms with E-state index in [1.54, 1.807) is 0 Å². The molecule has 7 heteroatoms. The van der Waals surface area contributed by atoms with Crippen molar-refractivity contribution in [2.75, 3.05) is 13.1 Å². The summed E-state index contributed by atoms with van der Waals surface area (Å²) in [5.41, 5.74) is 16.4. The monoisotopic (exact) mass is 440 g/mol. The van der Waals surface area contributed by atoms with Crippen molar-refractivity contribution in [3.63, 3.8) is 0 Å². The van der Waals surface area contributed by atoms with E-state index in [2.05, 4.69) is 22.4 Å². The minimum absolute atomic E-state index is 0.265. The molecule has 174 valence electrons. The Bertz CT molecular complexity index is 937. The van der Waals surface area contributed by atoms with Crippen LogP contribution in [0.25, 0.3) is 11.1 Å². The fourth-order valence-corrected chi connectivity index (χ4v) is 3.80. The lowest BCUT2D eigenvalue weighted by atomic mass is 10.00. The third kappa shape index (κ3) is 6.37. The van der Waals surface area contributed by atoms with Gasteiger partial charge in [0.15, 0.2) is 5.58 Å². The van der Waals surface area contributed by atoms with Crippen LogP contribution in [-0.4, -0.2) is 46.5 Å². The molecule has 2 aromatic carbocycles. The number of aliphatic hydroxyl groups is 2. The van der Waals surface area contributed by atoms with Crippen molar-refractivity contribution in [2.24, 2.45) is 11.5 Å². The van der Waals surface area contributed by atoms with E-state index in [0.29, 0.717) is 25.0 Å². The largest absolute Gasteiger partial charge is 0.438 e. The molecule has 1 aromatic heterocycles. The highest BCUT2D eigenvalue weighted by atomic mass is 16.4. The molecule has 2 unspecified atom stereocenters. The first-order valence-electron chi connectivity index (χ1n) is 11.4. The van der Waals surface area contributed by atoms with Gasteiger partial charge in [-0.05, 0) is 74.9 Å². The van der Waals surface area contributed by atoms with Gasteiger partial charge in [0.2, 0.25) is 5.89 Å². The Hall–Kier alpha value is -2.29. The van der Waals surface area contributed by atoms with Gasteiger partial charge in [-0.2, -0.15) is 0 Å². The number of benzene rings is 2. The Labute approximate surface area is 189 Å². The van der Waals surface area contributed by atoms with Gasteiger partial charge >= 0.3 is 0 Å². The topological polar surface area (TPSA) is 131 Å². The maximum absolute atomic E-state index is 11.1. The average Bonchev–Trinajstić information content (AvgIpc) is 3.20. The molecule has 0 aliphatic heterocycles. The average molecular weight is 441 g/mol. The Morgan fingerprint density at radius 1 is 1.06 bits per heavy atom. The van der Waals surface area contributed by atoms with Crippen LogP contribution >= 0.6 is 0 Å². The number of aliphatic hydroxyl groups excluding tert-OH is 2. The van der Waals surface area contributed by atoms with E-state index in [0.717, 1.165) is 29.5 Å². The van der Waals surface area contributed by atoms with Gasteiger partial charge in [0.25, 0.3) is 0 Å². The molecule has 0 fully saturated rings. The number of hydrogen-bond donors (Lipinski definition) is 5. The lowest BCUT2D eigenvalue weighted by molar-refractivity contribution is 0.0796. The summed E-state index contributed by atoms with van der Waals surface area (Å²) in [6, 6.07) is 13.3. The zero-order valence-corrected chi connectivity index (χ0v) is 19.0. The van der Waals surface area contributed by atoms with Crippen LogP contribution in [0.5, 0.6) is 0 Å². The highest BCUT2D eigenvalue weighted by molar-refractivity contribution is 5.74. The first-order valence-corrected chi connectivity index (χ1v) is 11.4. The fraction of sp³-hybridized carbons (Fsp3) is 0.480. The molecule has 0 amide bonds. The van der Waals surface area contributed by atoms with Crippen LogP contribution in [0.15, 0.2) is 46.9 Å². The van der Waals surface area contributed by atoms with Crippen LogP contribution in [0.2, 0.25) is 0 Å². The smallest absolute Gasteiger partial charge is 0.225 e. The van der Waals surface area contributed by atoms with Gasteiger partial charge in [-0.1, -0.05) is 30.3 Å². The molecule has 0 aliphatic carbocycles. The molecule has 0 aliphatic rings. The normalized spacial score (nSPS) is 15.6. The van der Waals surface area contributed by atoms with Gasteiger partial charge in [-0.25, -0.2) is 4.98 Å². The lowest BCUT2D eigenvalue weighted by Crippen LogP contribution is -2.46. The van der Waals surface area contributed by atoms with Gasteiger partial charge in [-0.15, -0.1) is 0 Å². The second kappa shape index (κ2) is 11.5. The molecule has 0 saturated carbocycles. The van der Waals surface area contributed by atoms with Crippen LogP contribution < -0.4 is 16.8 Å². The Balaban J connectivity index is 1.74. The first-order chi connectivity index (χ1) is 15.4. The summed E-state index contributed by atoms with van der Waals surface area (Å²) in [6.07, 6.45) is 1.14. The van der Waals surface area contributed by atoms with Crippen molar-refractivity contribution in [2.45, 2.75) is 63.8 Å². The fourth-order valence-electron chi connectivity index (χ4n) is 3.80. The Morgan fingerprint density at radius 3 is 2.50 bits per heavy atom. The molecule has 0 bridgehead atoms. The number of aryl methyl sites for hydroxylation is 3. The second-order valence-electron chi connectivity index (χ2n) is 8.60. The third-order valence-corrected chi connectivity index (χ3v) is 6.07. The van der Waals surface area contributed by atoms with Crippen molar-refractivity contribution in [3.8, 4) is 0 Å².